The molecule has 34 heavy (non-hydrogen) atoms. The van der Waals surface area contributed by atoms with Crippen LogP contribution in [0, 0.1) is 0 Å². The Labute approximate surface area is 203 Å². The minimum atomic E-state index is -1.10. The maximum atomic E-state index is 12.5. The van der Waals surface area contributed by atoms with Crippen LogP contribution >= 0.6 is 22.9 Å². The second-order valence-electron chi connectivity index (χ2n) is 7.08. The molecule has 2 amide bonds. The summed E-state index contributed by atoms with van der Waals surface area (Å²) in [6.07, 6.45) is 0.549. The molecule has 0 saturated carbocycles. The van der Waals surface area contributed by atoms with Crippen LogP contribution < -0.4 is 15.4 Å². The second-order valence-corrected chi connectivity index (χ2v) is 8.31. The van der Waals surface area contributed by atoms with E-state index in [1.807, 2.05) is 0 Å². The highest BCUT2D eigenvalue weighted by Crippen LogP contribution is 2.24. The Bertz CT molecular complexity index is 1370. The van der Waals surface area contributed by atoms with E-state index < -0.39 is 18.0 Å². The lowest BCUT2D eigenvalue weighted by molar-refractivity contribution is -0.123. The maximum absolute atomic E-state index is 12.5. The number of imidazole rings is 1. The van der Waals surface area contributed by atoms with Gasteiger partial charge in [-0.1, -0.05) is 23.7 Å². The van der Waals surface area contributed by atoms with Crippen LogP contribution in [-0.2, 0) is 9.53 Å². The summed E-state index contributed by atoms with van der Waals surface area (Å²) in [5, 5.41) is 7.19. The van der Waals surface area contributed by atoms with Gasteiger partial charge in [0.25, 0.3) is 11.8 Å². The normalized spacial score (nSPS) is 11.6. The Morgan fingerprint density at radius 1 is 1.09 bits per heavy atom. The molecule has 0 unspecified atom stereocenters. The van der Waals surface area contributed by atoms with Crippen molar-refractivity contribution in [1.29, 1.82) is 0 Å². The summed E-state index contributed by atoms with van der Waals surface area (Å²) >= 11 is 7.36. The Hall–Kier alpha value is -3.89. The number of carbonyl (C=O) groups excluding carboxylic acids is 3. The molecule has 2 aromatic carbocycles. The average molecular weight is 499 g/mol. The topological polar surface area (TPSA) is 111 Å². The lowest BCUT2D eigenvalue weighted by atomic mass is 10.2. The first-order chi connectivity index (χ1) is 16.4. The molecule has 4 rings (SSSR count). The molecule has 9 nitrogen and oxygen atoms in total. The minimum Gasteiger partial charge on any atom is -0.495 e. The molecule has 2 N–H and O–H groups in total. The Morgan fingerprint density at radius 3 is 2.56 bits per heavy atom. The number of ether oxygens (including phenoxy) is 2. The van der Waals surface area contributed by atoms with Gasteiger partial charge in [-0.15, -0.1) is 11.3 Å². The van der Waals surface area contributed by atoms with E-state index in [0.717, 1.165) is 0 Å². The highest BCUT2D eigenvalue weighted by molar-refractivity contribution is 7.15. The fraction of sp³-hybridized carbons (Fsp3) is 0.130. The third-order valence-electron chi connectivity index (χ3n) is 4.84. The number of esters is 1. The van der Waals surface area contributed by atoms with Crippen LogP contribution in [0.5, 0.6) is 5.75 Å². The standard InChI is InChI=1S/C23H19ClN4O5S/c1-13(33-22(31)18-19(24)27-23-28(18)11-12-34-23)20(29)25-15-9-7-14(8-10-15)21(30)26-16-5-3-4-6-17(16)32-2/h3-13H,1-2H3,(H,25,29)(H,26,30)/t13-/m0/s1. The number of hydrogen-bond donors (Lipinski definition) is 2. The number of nitrogens with one attached hydrogen (secondary N) is 2. The number of halogens is 1. The van der Waals surface area contributed by atoms with Crippen molar-refractivity contribution in [1.82, 2.24) is 9.38 Å². The molecule has 0 fully saturated rings. The van der Waals surface area contributed by atoms with Crippen LogP contribution in [0.25, 0.3) is 4.96 Å². The third kappa shape index (κ3) is 4.87. The van der Waals surface area contributed by atoms with Gasteiger partial charge in [-0.2, -0.15) is 0 Å². The van der Waals surface area contributed by atoms with Crippen molar-refractivity contribution in [3.8, 4) is 5.75 Å². The molecule has 0 radical (unpaired) electrons. The molecule has 0 aliphatic rings. The number of benzene rings is 2. The highest BCUT2D eigenvalue weighted by Gasteiger charge is 2.25. The highest BCUT2D eigenvalue weighted by atomic mass is 35.5. The molecule has 11 heteroatoms. The number of amides is 2. The zero-order valence-electron chi connectivity index (χ0n) is 18.1. The van der Waals surface area contributed by atoms with E-state index in [4.69, 9.17) is 21.1 Å². The van der Waals surface area contributed by atoms with E-state index in [1.165, 1.54) is 29.8 Å². The largest absolute Gasteiger partial charge is 0.495 e. The Balaban J connectivity index is 1.36. The lowest BCUT2D eigenvalue weighted by Gasteiger charge is -2.14. The number of para-hydroxylation sites is 2. The van der Waals surface area contributed by atoms with Gasteiger partial charge < -0.3 is 20.1 Å². The number of thiazole rings is 1. The van der Waals surface area contributed by atoms with Gasteiger partial charge in [0.2, 0.25) is 0 Å². The van der Waals surface area contributed by atoms with Crippen LogP contribution in [0.1, 0.15) is 27.8 Å². The summed E-state index contributed by atoms with van der Waals surface area (Å²) in [4.78, 5) is 42.2. The summed E-state index contributed by atoms with van der Waals surface area (Å²) in [7, 11) is 1.52. The fourth-order valence-corrected chi connectivity index (χ4v) is 4.12. The molecule has 2 aromatic heterocycles. The van der Waals surface area contributed by atoms with E-state index in [0.29, 0.717) is 27.6 Å². The molecule has 0 bridgehead atoms. The van der Waals surface area contributed by atoms with Gasteiger partial charge in [0, 0.05) is 22.8 Å². The average Bonchev–Trinajstić information content (AvgIpc) is 3.39. The number of hydrogen-bond acceptors (Lipinski definition) is 7. The Morgan fingerprint density at radius 2 is 1.82 bits per heavy atom. The van der Waals surface area contributed by atoms with Gasteiger partial charge in [-0.3, -0.25) is 14.0 Å². The maximum Gasteiger partial charge on any atom is 0.359 e. The smallest absolute Gasteiger partial charge is 0.359 e. The van der Waals surface area contributed by atoms with Crippen LogP contribution in [0.15, 0.2) is 60.1 Å². The van der Waals surface area contributed by atoms with Crippen molar-refractivity contribution in [3.63, 3.8) is 0 Å². The summed E-state index contributed by atoms with van der Waals surface area (Å²) in [6, 6.07) is 13.3. The van der Waals surface area contributed by atoms with Crippen molar-refractivity contribution in [2.75, 3.05) is 17.7 Å². The number of methoxy groups -OCH3 is 1. The van der Waals surface area contributed by atoms with Gasteiger partial charge in [-0.05, 0) is 43.3 Å². The van der Waals surface area contributed by atoms with Crippen LogP contribution in [0.4, 0.5) is 11.4 Å². The van der Waals surface area contributed by atoms with Gasteiger partial charge in [0.15, 0.2) is 21.9 Å². The fourth-order valence-electron chi connectivity index (χ4n) is 3.10. The molecule has 0 saturated heterocycles. The van der Waals surface area contributed by atoms with E-state index in [2.05, 4.69) is 15.6 Å². The number of rotatable bonds is 7. The van der Waals surface area contributed by atoms with Crippen LogP contribution in [0.2, 0.25) is 5.15 Å². The van der Waals surface area contributed by atoms with Gasteiger partial charge in [0.05, 0.1) is 12.8 Å². The van der Waals surface area contributed by atoms with Gasteiger partial charge in [0.1, 0.15) is 5.75 Å². The lowest BCUT2D eigenvalue weighted by Crippen LogP contribution is -2.30. The van der Waals surface area contributed by atoms with E-state index >= 15 is 0 Å². The van der Waals surface area contributed by atoms with Crippen molar-refractivity contribution in [2.45, 2.75) is 13.0 Å². The zero-order chi connectivity index (χ0) is 24.2. The first kappa shape index (κ1) is 23.3. The summed E-state index contributed by atoms with van der Waals surface area (Å²) in [5.74, 6) is -1.09. The first-order valence-electron chi connectivity index (χ1n) is 10.0. The van der Waals surface area contributed by atoms with E-state index in [-0.39, 0.29) is 16.8 Å². The van der Waals surface area contributed by atoms with Crippen molar-refractivity contribution in [2.24, 2.45) is 0 Å². The van der Waals surface area contributed by atoms with E-state index in [1.54, 1.807) is 60.1 Å². The SMILES string of the molecule is COc1ccccc1NC(=O)c1ccc(NC(=O)[C@H](C)OC(=O)c2c(Cl)nc3sccn23)cc1. The summed E-state index contributed by atoms with van der Waals surface area (Å²) < 4.78 is 12.0. The molecule has 0 spiro atoms. The number of nitrogens with zero attached hydrogens (tertiary/aromatic N) is 2. The predicted octanol–water partition coefficient (Wildman–Crippen LogP) is 4.49. The van der Waals surface area contributed by atoms with Gasteiger partial charge in [-0.25, -0.2) is 9.78 Å². The molecule has 1 atom stereocenters. The monoisotopic (exact) mass is 498 g/mol. The number of anilines is 2. The first-order valence-corrected chi connectivity index (χ1v) is 11.3. The third-order valence-corrected chi connectivity index (χ3v) is 5.86. The molecular weight excluding hydrogens is 480 g/mol. The predicted molar refractivity (Wildman–Crippen MR) is 129 cm³/mol. The summed E-state index contributed by atoms with van der Waals surface area (Å²) in [5.41, 5.74) is 1.42. The number of carbonyl (C=O) groups is 3. The quantitative estimate of drug-likeness (QED) is 0.363. The summed E-state index contributed by atoms with van der Waals surface area (Å²) in [6.45, 7) is 1.45. The molecular formula is C23H19ClN4O5S. The molecule has 0 aliphatic carbocycles. The Kier molecular flexibility index (Phi) is 6.80. The van der Waals surface area contributed by atoms with Crippen LogP contribution in [0.3, 0.4) is 0 Å². The van der Waals surface area contributed by atoms with Crippen molar-refractivity contribution in [3.05, 3.63) is 76.5 Å². The number of fused-ring (bicyclic) bond motifs is 1. The molecule has 2 heterocycles. The van der Waals surface area contributed by atoms with Crippen molar-refractivity contribution >= 4 is 57.1 Å². The van der Waals surface area contributed by atoms with Crippen molar-refractivity contribution < 1.29 is 23.9 Å². The number of aromatic nitrogens is 2. The van der Waals surface area contributed by atoms with Crippen LogP contribution in [-0.4, -0.2) is 40.4 Å². The molecule has 4 aromatic rings. The zero-order valence-corrected chi connectivity index (χ0v) is 19.6. The van der Waals surface area contributed by atoms with E-state index in [9.17, 15) is 14.4 Å². The second kappa shape index (κ2) is 9.94. The molecule has 174 valence electrons. The minimum absolute atomic E-state index is 0.00597. The molecule has 0 aliphatic heterocycles. The van der Waals surface area contributed by atoms with Gasteiger partial charge >= 0.3 is 5.97 Å².